The summed E-state index contributed by atoms with van der Waals surface area (Å²) in [4.78, 5) is 0. The molecule has 0 saturated carbocycles. The monoisotopic (exact) mass is 301 g/mol. The molecule has 2 rings (SSSR count). The Hall–Kier alpha value is -0.820. The summed E-state index contributed by atoms with van der Waals surface area (Å²) in [6.45, 7) is 4.58. The molecular weight excluding hydrogens is 266 g/mol. The maximum Gasteiger partial charge on any atom is 0.00415 e. The van der Waals surface area contributed by atoms with Gasteiger partial charge in [-0.15, -0.1) is 0 Å². The van der Waals surface area contributed by atoms with Gasteiger partial charge in [-0.25, -0.2) is 0 Å². The summed E-state index contributed by atoms with van der Waals surface area (Å²) >= 11 is 0. The van der Waals surface area contributed by atoms with E-state index in [4.69, 9.17) is 0 Å². The van der Waals surface area contributed by atoms with Gasteiger partial charge in [0.15, 0.2) is 0 Å². The summed E-state index contributed by atoms with van der Waals surface area (Å²) in [5.74, 6) is 0.778. The minimum atomic E-state index is 0.624. The molecule has 1 aliphatic carbocycles. The number of unbranched alkanes of at least 4 members (excludes halogenated alkanes) is 5. The number of benzene rings is 1. The summed E-state index contributed by atoms with van der Waals surface area (Å²) in [6, 6.07) is 7.96. The molecule has 1 N–H and O–H groups in total. The van der Waals surface area contributed by atoms with E-state index in [1.165, 1.54) is 64.2 Å². The Morgan fingerprint density at radius 2 is 1.91 bits per heavy atom. The van der Waals surface area contributed by atoms with Gasteiger partial charge in [-0.3, -0.25) is 0 Å². The molecule has 2 atom stereocenters. The molecule has 1 aromatic rings. The van der Waals surface area contributed by atoms with Crippen molar-refractivity contribution in [1.29, 1.82) is 0 Å². The third-order valence-corrected chi connectivity index (χ3v) is 5.36. The Morgan fingerprint density at radius 3 is 2.68 bits per heavy atom. The number of rotatable bonds is 10. The molecule has 22 heavy (non-hydrogen) atoms. The minimum absolute atomic E-state index is 0.624. The van der Waals surface area contributed by atoms with Crippen LogP contribution in [0.1, 0.15) is 87.8 Å². The van der Waals surface area contributed by atoms with Crippen molar-refractivity contribution in [2.45, 2.75) is 90.0 Å². The second kappa shape index (κ2) is 9.35. The summed E-state index contributed by atoms with van der Waals surface area (Å²) < 4.78 is 0. The van der Waals surface area contributed by atoms with E-state index in [2.05, 4.69) is 44.4 Å². The van der Waals surface area contributed by atoms with E-state index in [0.717, 1.165) is 5.92 Å². The van der Waals surface area contributed by atoms with Crippen LogP contribution >= 0.6 is 0 Å². The van der Waals surface area contributed by atoms with Crippen LogP contribution in [0, 0.1) is 0 Å². The van der Waals surface area contributed by atoms with Crippen molar-refractivity contribution in [2.24, 2.45) is 0 Å². The molecule has 0 aromatic heterocycles. The smallest absolute Gasteiger partial charge is 0.00415 e. The maximum atomic E-state index is 3.38. The van der Waals surface area contributed by atoms with Gasteiger partial charge in [-0.2, -0.15) is 0 Å². The number of nitrogens with one attached hydrogen (secondary N) is 1. The van der Waals surface area contributed by atoms with Crippen LogP contribution in [0.25, 0.3) is 0 Å². The molecule has 0 bridgehead atoms. The number of hydrogen-bond acceptors (Lipinski definition) is 1. The van der Waals surface area contributed by atoms with Gasteiger partial charge in [0.2, 0.25) is 0 Å². The largest absolute Gasteiger partial charge is 0.317 e. The van der Waals surface area contributed by atoms with Gasteiger partial charge in [-0.05, 0) is 68.7 Å². The predicted octanol–water partition coefficient (Wildman–Crippen LogP) is 5.62. The highest BCUT2D eigenvalue weighted by atomic mass is 14.8. The third-order valence-electron chi connectivity index (χ3n) is 5.36. The fourth-order valence-electron chi connectivity index (χ4n) is 3.81. The van der Waals surface area contributed by atoms with Gasteiger partial charge in [0.25, 0.3) is 0 Å². The molecular formula is C21H35N. The average Bonchev–Trinajstić information content (AvgIpc) is 2.93. The highest BCUT2D eigenvalue weighted by Gasteiger charge is 2.23. The second-order valence-corrected chi connectivity index (χ2v) is 7.21. The van der Waals surface area contributed by atoms with Crippen molar-refractivity contribution in [3.8, 4) is 0 Å². The van der Waals surface area contributed by atoms with Crippen LogP contribution < -0.4 is 5.32 Å². The van der Waals surface area contributed by atoms with E-state index < -0.39 is 0 Å². The van der Waals surface area contributed by atoms with Crippen LogP contribution in [0.4, 0.5) is 0 Å². The molecule has 0 radical (unpaired) electrons. The van der Waals surface area contributed by atoms with E-state index >= 15 is 0 Å². The van der Waals surface area contributed by atoms with Crippen molar-refractivity contribution in [3.05, 3.63) is 34.9 Å². The van der Waals surface area contributed by atoms with Crippen molar-refractivity contribution in [2.75, 3.05) is 7.05 Å². The highest BCUT2D eigenvalue weighted by Crippen LogP contribution is 2.36. The van der Waals surface area contributed by atoms with Gasteiger partial charge in [0.05, 0.1) is 0 Å². The van der Waals surface area contributed by atoms with Gasteiger partial charge in [0, 0.05) is 6.04 Å². The Balaban J connectivity index is 1.80. The molecule has 0 fully saturated rings. The molecule has 0 heterocycles. The lowest BCUT2D eigenvalue weighted by Gasteiger charge is -2.17. The van der Waals surface area contributed by atoms with Crippen LogP contribution in [0.15, 0.2) is 18.2 Å². The molecule has 1 aromatic carbocycles. The van der Waals surface area contributed by atoms with Crippen molar-refractivity contribution in [1.82, 2.24) is 5.32 Å². The molecule has 1 nitrogen and oxygen atoms in total. The summed E-state index contributed by atoms with van der Waals surface area (Å²) in [7, 11) is 2.07. The Kier molecular flexibility index (Phi) is 7.45. The van der Waals surface area contributed by atoms with Gasteiger partial charge in [0.1, 0.15) is 0 Å². The molecule has 0 amide bonds. The third kappa shape index (κ3) is 5.12. The first-order chi connectivity index (χ1) is 10.7. The van der Waals surface area contributed by atoms with E-state index in [9.17, 15) is 0 Å². The standard InChI is InChI=1S/C21H35N/c1-4-5-6-7-8-9-10-18-11-14-21-19(15-17(2)22-3)12-13-20(21)16-18/h11,14,16-17,19,22H,4-10,12-13,15H2,1-3H3. The van der Waals surface area contributed by atoms with Crippen LogP contribution in [0.3, 0.4) is 0 Å². The molecule has 1 heteroatoms. The minimum Gasteiger partial charge on any atom is -0.317 e. The van der Waals surface area contributed by atoms with E-state index in [0.29, 0.717) is 6.04 Å². The fourth-order valence-corrected chi connectivity index (χ4v) is 3.81. The van der Waals surface area contributed by atoms with E-state index in [1.807, 2.05) is 0 Å². The topological polar surface area (TPSA) is 12.0 Å². The van der Waals surface area contributed by atoms with Crippen molar-refractivity contribution in [3.63, 3.8) is 0 Å². The summed E-state index contributed by atoms with van der Waals surface area (Å²) in [6.07, 6.45) is 13.6. The fraction of sp³-hybridized carbons (Fsp3) is 0.714. The Bertz CT molecular complexity index is 438. The summed E-state index contributed by atoms with van der Waals surface area (Å²) in [5.41, 5.74) is 4.84. The first kappa shape index (κ1) is 17.5. The lowest BCUT2D eigenvalue weighted by Crippen LogP contribution is -2.23. The van der Waals surface area contributed by atoms with Crippen LogP contribution in [-0.2, 0) is 12.8 Å². The quantitative estimate of drug-likeness (QED) is 0.553. The number of hydrogen-bond donors (Lipinski definition) is 1. The lowest BCUT2D eigenvalue weighted by atomic mass is 9.93. The van der Waals surface area contributed by atoms with Crippen LogP contribution in [0.2, 0.25) is 0 Å². The highest BCUT2D eigenvalue weighted by molar-refractivity contribution is 5.38. The van der Waals surface area contributed by atoms with Gasteiger partial charge in [-0.1, -0.05) is 57.2 Å². The van der Waals surface area contributed by atoms with Gasteiger partial charge < -0.3 is 5.32 Å². The zero-order valence-electron chi connectivity index (χ0n) is 15.0. The zero-order valence-corrected chi connectivity index (χ0v) is 15.0. The first-order valence-electron chi connectivity index (χ1n) is 9.53. The first-order valence-corrected chi connectivity index (χ1v) is 9.53. The number of fused-ring (bicyclic) bond motifs is 1. The van der Waals surface area contributed by atoms with Crippen LogP contribution in [-0.4, -0.2) is 13.1 Å². The van der Waals surface area contributed by atoms with Crippen molar-refractivity contribution >= 4 is 0 Å². The molecule has 1 aliphatic rings. The Morgan fingerprint density at radius 1 is 1.14 bits per heavy atom. The molecule has 124 valence electrons. The molecule has 0 aliphatic heterocycles. The zero-order chi connectivity index (χ0) is 15.8. The van der Waals surface area contributed by atoms with E-state index in [1.54, 1.807) is 16.7 Å². The number of aryl methyl sites for hydroxylation is 2. The van der Waals surface area contributed by atoms with E-state index in [-0.39, 0.29) is 0 Å². The Labute approximate surface area is 137 Å². The second-order valence-electron chi connectivity index (χ2n) is 7.21. The molecule has 0 saturated heterocycles. The predicted molar refractivity (Wildman–Crippen MR) is 97.7 cm³/mol. The maximum absolute atomic E-state index is 3.38. The normalized spacial score (nSPS) is 18.4. The van der Waals surface area contributed by atoms with Gasteiger partial charge >= 0.3 is 0 Å². The van der Waals surface area contributed by atoms with Crippen LogP contribution in [0.5, 0.6) is 0 Å². The summed E-state index contributed by atoms with van der Waals surface area (Å²) in [5, 5.41) is 3.38. The SMILES string of the molecule is CCCCCCCCc1ccc2c(c1)CCC2CC(C)NC. The average molecular weight is 302 g/mol. The molecule has 2 unspecified atom stereocenters. The van der Waals surface area contributed by atoms with Crippen molar-refractivity contribution < 1.29 is 0 Å². The molecule has 0 spiro atoms. The lowest BCUT2D eigenvalue weighted by molar-refractivity contribution is 0.493.